The Bertz CT molecular complexity index is 474. The summed E-state index contributed by atoms with van der Waals surface area (Å²) in [6.45, 7) is 2.64. The number of nitrogens with two attached hydrogens (primary N) is 2. The number of nitrogens with one attached hydrogen (secondary N) is 1. The Kier molecular flexibility index (Phi) is 4.59. The van der Waals surface area contributed by atoms with Gasteiger partial charge in [-0.05, 0) is 13.0 Å². The van der Waals surface area contributed by atoms with Crippen molar-refractivity contribution >= 4 is 21.4 Å². The van der Waals surface area contributed by atoms with Crippen molar-refractivity contribution in [2.75, 3.05) is 30.0 Å². The molecule has 0 aliphatic carbocycles. The lowest BCUT2D eigenvalue weighted by Gasteiger charge is -2.09. The number of sulfonamides is 1. The molecule has 6 nitrogen and oxygen atoms in total. The summed E-state index contributed by atoms with van der Waals surface area (Å²) in [5.41, 5.74) is 6.94. The van der Waals surface area contributed by atoms with Crippen LogP contribution in [0.5, 0.6) is 5.75 Å². The first-order valence-electron chi connectivity index (χ1n) is 5.18. The van der Waals surface area contributed by atoms with Crippen molar-refractivity contribution in [3.05, 3.63) is 18.2 Å². The molecule has 1 aromatic carbocycles. The molecule has 0 fully saturated rings. The van der Waals surface area contributed by atoms with Crippen molar-refractivity contribution in [1.82, 2.24) is 0 Å². The molecule has 96 valence electrons. The molecule has 0 aliphatic heterocycles. The number of hydrogen-bond donors (Lipinski definition) is 3. The van der Waals surface area contributed by atoms with E-state index in [1.807, 2.05) is 6.92 Å². The SMILES string of the molecule is CCOc1cc(N)cc(NCCS(N)(=O)=O)c1. The van der Waals surface area contributed by atoms with Crippen molar-refractivity contribution < 1.29 is 13.2 Å². The molecule has 7 heteroatoms. The molecule has 0 aliphatic rings. The van der Waals surface area contributed by atoms with Crippen LogP contribution in [0.25, 0.3) is 0 Å². The second-order valence-electron chi connectivity index (χ2n) is 3.52. The Balaban J connectivity index is 2.64. The first-order valence-corrected chi connectivity index (χ1v) is 6.90. The Morgan fingerprint density at radius 2 is 2.06 bits per heavy atom. The fraction of sp³-hybridized carbons (Fsp3) is 0.400. The number of anilines is 2. The fourth-order valence-electron chi connectivity index (χ4n) is 1.31. The normalized spacial score (nSPS) is 11.2. The maximum absolute atomic E-state index is 10.7. The molecule has 0 bridgehead atoms. The Hall–Kier alpha value is -1.47. The van der Waals surface area contributed by atoms with Crippen LogP contribution in [0.4, 0.5) is 11.4 Å². The number of hydrogen-bond acceptors (Lipinski definition) is 5. The first kappa shape index (κ1) is 13.6. The number of nitrogen functional groups attached to an aromatic ring is 1. The van der Waals surface area contributed by atoms with E-state index in [2.05, 4.69) is 5.32 Å². The molecule has 5 N–H and O–H groups in total. The van der Waals surface area contributed by atoms with E-state index in [1.165, 1.54) is 0 Å². The van der Waals surface area contributed by atoms with Gasteiger partial charge in [0, 0.05) is 30.1 Å². The largest absolute Gasteiger partial charge is 0.494 e. The van der Waals surface area contributed by atoms with Gasteiger partial charge in [0.05, 0.1) is 12.4 Å². The van der Waals surface area contributed by atoms with Gasteiger partial charge in [0.1, 0.15) is 5.75 Å². The highest BCUT2D eigenvalue weighted by molar-refractivity contribution is 7.89. The average molecular weight is 259 g/mol. The maximum atomic E-state index is 10.7. The van der Waals surface area contributed by atoms with Gasteiger partial charge < -0.3 is 15.8 Å². The smallest absolute Gasteiger partial charge is 0.210 e. The molecule has 0 saturated carbocycles. The topological polar surface area (TPSA) is 107 Å². The van der Waals surface area contributed by atoms with Gasteiger partial charge in [0.25, 0.3) is 0 Å². The second-order valence-corrected chi connectivity index (χ2v) is 5.25. The van der Waals surface area contributed by atoms with E-state index < -0.39 is 10.0 Å². The van der Waals surface area contributed by atoms with Gasteiger partial charge in [0.2, 0.25) is 10.0 Å². The predicted octanol–water partition coefficient (Wildman–Crippen LogP) is 0.368. The quantitative estimate of drug-likeness (QED) is 0.640. The zero-order valence-electron chi connectivity index (χ0n) is 9.64. The minimum atomic E-state index is -3.45. The van der Waals surface area contributed by atoms with E-state index in [9.17, 15) is 8.42 Å². The minimum Gasteiger partial charge on any atom is -0.494 e. The lowest BCUT2D eigenvalue weighted by Crippen LogP contribution is -2.22. The van der Waals surface area contributed by atoms with Gasteiger partial charge in [-0.15, -0.1) is 0 Å². The lowest BCUT2D eigenvalue weighted by atomic mass is 10.2. The van der Waals surface area contributed by atoms with Crippen molar-refractivity contribution in [3.63, 3.8) is 0 Å². The van der Waals surface area contributed by atoms with Crippen molar-refractivity contribution in [3.8, 4) is 5.75 Å². The van der Waals surface area contributed by atoms with E-state index in [0.29, 0.717) is 23.7 Å². The van der Waals surface area contributed by atoms with E-state index in [-0.39, 0.29) is 12.3 Å². The van der Waals surface area contributed by atoms with Crippen molar-refractivity contribution in [2.45, 2.75) is 6.92 Å². The highest BCUT2D eigenvalue weighted by atomic mass is 32.2. The molecule has 0 atom stereocenters. The van der Waals surface area contributed by atoms with Crippen LogP contribution < -0.4 is 20.9 Å². The number of benzene rings is 1. The Labute approximate surface area is 101 Å². The highest BCUT2D eigenvalue weighted by Gasteiger charge is 2.03. The number of rotatable bonds is 6. The van der Waals surface area contributed by atoms with E-state index in [1.54, 1.807) is 18.2 Å². The summed E-state index contributed by atoms with van der Waals surface area (Å²) in [6.07, 6.45) is 0. The monoisotopic (exact) mass is 259 g/mol. The van der Waals surface area contributed by atoms with Crippen LogP contribution in [0.15, 0.2) is 18.2 Å². The van der Waals surface area contributed by atoms with Crippen LogP contribution in [-0.4, -0.2) is 27.3 Å². The fourth-order valence-corrected chi connectivity index (χ4v) is 1.70. The molecule has 0 radical (unpaired) electrons. The third-order valence-electron chi connectivity index (χ3n) is 1.96. The van der Waals surface area contributed by atoms with Gasteiger partial charge in [-0.25, -0.2) is 13.6 Å². The number of primary sulfonamides is 1. The van der Waals surface area contributed by atoms with Gasteiger partial charge in [-0.1, -0.05) is 0 Å². The minimum absolute atomic E-state index is 0.133. The molecular formula is C10H17N3O3S. The Morgan fingerprint density at radius 3 is 2.65 bits per heavy atom. The van der Waals surface area contributed by atoms with Crippen LogP contribution in [0.2, 0.25) is 0 Å². The van der Waals surface area contributed by atoms with Crippen molar-refractivity contribution in [2.24, 2.45) is 5.14 Å². The first-order chi connectivity index (χ1) is 7.90. The third kappa shape index (κ3) is 5.41. The second kappa shape index (κ2) is 5.74. The molecule has 0 spiro atoms. The molecule has 0 amide bonds. The molecule has 1 aromatic rings. The highest BCUT2D eigenvalue weighted by Crippen LogP contribution is 2.22. The summed E-state index contributed by atoms with van der Waals surface area (Å²) >= 11 is 0. The summed E-state index contributed by atoms with van der Waals surface area (Å²) in [4.78, 5) is 0. The summed E-state index contributed by atoms with van der Waals surface area (Å²) in [5, 5.41) is 7.81. The average Bonchev–Trinajstić information content (AvgIpc) is 2.15. The molecule has 1 rings (SSSR count). The maximum Gasteiger partial charge on any atom is 0.210 e. The molecular weight excluding hydrogens is 242 g/mol. The van der Waals surface area contributed by atoms with E-state index >= 15 is 0 Å². The van der Waals surface area contributed by atoms with Crippen LogP contribution in [-0.2, 0) is 10.0 Å². The van der Waals surface area contributed by atoms with Crippen LogP contribution in [0, 0.1) is 0 Å². The summed E-state index contributed by atoms with van der Waals surface area (Å²) in [5.74, 6) is 0.511. The van der Waals surface area contributed by atoms with E-state index in [0.717, 1.165) is 0 Å². The molecule has 0 heterocycles. The van der Waals surface area contributed by atoms with Crippen LogP contribution in [0.3, 0.4) is 0 Å². The van der Waals surface area contributed by atoms with Crippen LogP contribution in [0.1, 0.15) is 6.92 Å². The molecule has 0 saturated heterocycles. The summed E-state index contributed by atoms with van der Waals surface area (Å²) < 4.78 is 26.8. The van der Waals surface area contributed by atoms with E-state index in [4.69, 9.17) is 15.6 Å². The van der Waals surface area contributed by atoms with Gasteiger partial charge in [-0.2, -0.15) is 0 Å². The summed E-state index contributed by atoms with van der Waals surface area (Å²) in [6, 6.07) is 5.16. The zero-order valence-corrected chi connectivity index (χ0v) is 10.5. The van der Waals surface area contributed by atoms with Gasteiger partial charge in [0.15, 0.2) is 0 Å². The standard InChI is InChI=1S/C10H17N3O3S/c1-2-16-10-6-8(11)5-9(7-10)13-3-4-17(12,14)15/h5-7,13H,2-4,11H2,1H3,(H2,12,14,15). The zero-order chi connectivity index (χ0) is 12.9. The van der Waals surface area contributed by atoms with Gasteiger partial charge in [-0.3, -0.25) is 0 Å². The molecule has 0 aromatic heterocycles. The molecule has 0 unspecified atom stereocenters. The summed E-state index contributed by atoms with van der Waals surface area (Å²) in [7, 11) is -3.45. The third-order valence-corrected chi connectivity index (χ3v) is 2.73. The van der Waals surface area contributed by atoms with Crippen LogP contribution >= 0.6 is 0 Å². The van der Waals surface area contributed by atoms with Gasteiger partial charge >= 0.3 is 0 Å². The van der Waals surface area contributed by atoms with Crippen molar-refractivity contribution in [1.29, 1.82) is 0 Å². The molecule has 17 heavy (non-hydrogen) atoms. The Morgan fingerprint density at radius 1 is 1.35 bits per heavy atom. The lowest BCUT2D eigenvalue weighted by molar-refractivity contribution is 0.340. The number of ether oxygens (including phenoxy) is 1. The predicted molar refractivity (Wildman–Crippen MR) is 68.5 cm³/mol.